The number of esters is 1. The smallest absolute Gasteiger partial charge is 0.433 e. The number of halogens is 3. The van der Waals surface area contributed by atoms with Crippen LogP contribution in [0, 0.1) is 0 Å². The van der Waals surface area contributed by atoms with E-state index in [1.54, 1.807) is 0 Å². The molecule has 0 radical (unpaired) electrons. The molecule has 7 nitrogen and oxygen atoms in total. The topological polar surface area (TPSA) is 107 Å². The molecule has 0 fully saturated rings. The van der Waals surface area contributed by atoms with Gasteiger partial charge in [-0.25, -0.2) is 9.78 Å². The number of rotatable bonds is 3. The Bertz CT molecular complexity index is 1250. The lowest BCUT2D eigenvalue weighted by molar-refractivity contribution is -0.141. The van der Waals surface area contributed by atoms with Crippen molar-refractivity contribution in [2.24, 2.45) is 0 Å². The number of carbonyl (C=O) groups is 1. The van der Waals surface area contributed by atoms with Gasteiger partial charge in [0.1, 0.15) is 16.9 Å². The number of hydrogen-bond acceptors (Lipinski definition) is 6. The number of ether oxygens (including phenoxy) is 1. The largest absolute Gasteiger partial charge is 0.465 e. The number of nitrogens with zero attached hydrogens (tertiary/aromatic N) is 2. The molecule has 0 aliphatic carbocycles. The highest BCUT2D eigenvalue weighted by Crippen LogP contribution is 2.31. The first-order valence-corrected chi connectivity index (χ1v) is 8.15. The number of hydrogen-bond donors (Lipinski definition) is 2. The summed E-state index contributed by atoms with van der Waals surface area (Å²) in [4.78, 5) is 29.1. The quantitative estimate of drug-likeness (QED) is 0.643. The standard InChI is InChI=1S/C19H16F3N3O4/c1-9(26)10-3-5-11(6-4-10)25-16-12(7-8-13(24-16)19(20,21)22)15(23)14(17(25)27)18(28)29-2/h3-9,26H,23H2,1-2H3/t9-/m1/s1/i2D3. The van der Waals surface area contributed by atoms with Crippen LogP contribution in [0.15, 0.2) is 41.2 Å². The van der Waals surface area contributed by atoms with E-state index < -0.39 is 53.4 Å². The number of anilines is 1. The molecule has 10 heteroatoms. The van der Waals surface area contributed by atoms with Crippen LogP contribution in [0.25, 0.3) is 16.7 Å². The molecule has 3 rings (SSSR count). The van der Waals surface area contributed by atoms with Crippen LogP contribution >= 0.6 is 0 Å². The molecule has 29 heavy (non-hydrogen) atoms. The lowest BCUT2D eigenvalue weighted by atomic mass is 10.1. The first-order chi connectivity index (χ1) is 14.7. The van der Waals surface area contributed by atoms with E-state index in [0.717, 1.165) is 6.07 Å². The summed E-state index contributed by atoms with van der Waals surface area (Å²) in [7, 11) is -3.19. The number of nitrogen functional groups attached to an aromatic ring is 1. The molecule has 2 aromatic heterocycles. The number of aromatic nitrogens is 2. The molecular weight excluding hydrogens is 391 g/mol. The highest BCUT2D eigenvalue weighted by Gasteiger charge is 2.33. The summed E-state index contributed by atoms with van der Waals surface area (Å²) in [5, 5.41) is 9.46. The van der Waals surface area contributed by atoms with Crippen LogP contribution in [0.3, 0.4) is 0 Å². The highest BCUT2D eigenvalue weighted by atomic mass is 19.4. The van der Waals surface area contributed by atoms with Gasteiger partial charge < -0.3 is 15.6 Å². The molecule has 0 saturated heterocycles. The van der Waals surface area contributed by atoms with Crippen LogP contribution < -0.4 is 11.3 Å². The molecule has 3 N–H and O–H groups in total. The van der Waals surface area contributed by atoms with E-state index in [9.17, 15) is 27.9 Å². The predicted molar refractivity (Wildman–Crippen MR) is 98.7 cm³/mol. The van der Waals surface area contributed by atoms with Crippen molar-refractivity contribution in [2.75, 3.05) is 12.8 Å². The van der Waals surface area contributed by atoms with E-state index in [2.05, 4.69) is 9.72 Å². The van der Waals surface area contributed by atoms with Crippen molar-refractivity contribution in [1.29, 1.82) is 0 Å². The zero-order chi connectivity index (χ0) is 24.0. The Labute approximate surface area is 166 Å². The molecule has 0 unspecified atom stereocenters. The van der Waals surface area contributed by atoms with Gasteiger partial charge in [0.25, 0.3) is 5.56 Å². The fourth-order valence-corrected chi connectivity index (χ4v) is 2.83. The summed E-state index contributed by atoms with van der Waals surface area (Å²) in [6.45, 7) is 1.49. The normalized spacial score (nSPS) is 14.7. The summed E-state index contributed by atoms with van der Waals surface area (Å²) >= 11 is 0. The van der Waals surface area contributed by atoms with Gasteiger partial charge in [-0.05, 0) is 36.8 Å². The van der Waals surface area contributed by atoms with Gasteiger partial charge >= 0.3 is 12.1 Å². The molecule has 0 spiro atoms. The van der Waals surface area contributed by atoms with E-state index in [0.29, 0.717) is 16.2 Å². The molecule has 152 valence electrons. The minimum absolute atomic E-state index is 0.000779. The Morgan fingerprint density at radius 1 is 1.28 bits per heavy atom. The van der Waals surface area contributed by atoms with Gasteiger partial charge in [-0.15, -0.1) is 0 Å². The van der Waals surface area contributed by atoms with Crippen molar-refractivity contribution in [3.05, 3.63) is 63.6 Å². The first kappa shape index (κ1) is 16.5. The number of fused-ring (bicyclic) bond motifs is 1. The molecule has 2 heterocycles. The zero-order valence-corrected chi connectivity index (χ0v) is 14.8. The van der Waals surface area contributed by atoms with Crippen molar-refractivity contribution >= 4 is 22.7 Å². The summed E-state index contributed by atoms with van der Waals surface area (Å²) in [6.07, 6.45) is -5.69. The minimum atomic E-state index is -4.83. The second kappa shape index (κ2) is 7.21. The molecule has 0 amide bonds. The summed E-state index contributed by atoms with van der Waals surface area (Å²) in [5.41, 5.74) is 1.84. The van der Waals surface area contributed by atoms with Crippen LogP contribution in [0.5, 0.6) is 0 Å². The maximum atomic E-state index is 13.2. The van der Waals surface area contributed by atoms with Gasteiger partial charge in [0.15, 0.2) is 0 Å². The third kappa shape index (κ3) is 3.54. The number of carbonyl (C=O) groups excluding carboxylic acids is 1. The Kier molecular flexibility index (Phi) is 4.11. The average molecular weight is 410 g/mol. The second-order valence-corrected chi connectivity index (χ2v) is 6.15. The fourth-order valence-electron chi connectivity index (χ4n) is 2.83. The summed E-state index contributed by atoms with van der Waals surface area (Å²) in [5.74, 6) is -1.57. The van der Waals surface area contributed by atoms with Gasteiger partial charge in [0, 0.05) is 5.39 Å². The van der Waals surface area contributed by atoms with E-state index in [1.165, 1.54) is 31.2 Å². The molecule has 0 saturated carbocycles. The first-order valence-electron chi connectivity index (χ1n) is 9.65. The number of aliphatic hydroxyl groups is 1. The lowest BCUT2D eigenvalue weighted by Gasteiger charge is -2.16. The molecule has 1 aromatic carbocycles. The van der Waals surface area contributed by atoms with E-state index in [4.69, 9.17) is 9.85 Å². The predicted octanol–water partition coefficient (Wildman–Crippen LogP) is 2.83. The molecule has 0 aliphatic heterocycles. The zero-order valence-electron chi connectivity index (χ0n) is 17.8. The maximum absolute atomic E-state index is 13.2. The average Bonchev–Trinajstić information content (AvgIpc) is 2.66. The van der Waals surface area contributed by atoms with Crippen LogP contribution in [-0.2, 0) is 10.9 Å². The Morgan fingerprint density at radius 3 is 2.48 bits per heavy atom. The van der Waals surface area contributed by atoms with Gasteiger partial charge in [-0.3, -0.25) is 9.36 Å². The number of methoxy groups -OCH3 is 1. The molecule has 0 bridgehead atoms. The summed E-state index contributed by atoms with van der Waals surface area (Å²) in [6, 6.07) is 7.01. The Morgan fingerprint density at radius 2 is 1.93 bits per heavy atom. The molecule has 0 aliphatic rings. The van der Waals surface area contributed by atoms with Crippen LogP contribution in [0.1, 0.15) is 38.8 Å². The third-order valence-electron chi connectivity index (χ3n) is 4.28. The van der Waals surface area contributed by atoms with Crippen molar-refractivity contribution in [1.82, 2.24) is 9.55 Å². The fraction of sp³-hybridized carbons (Fsp3) is 0.211. The number of benzene rings is 1. The number of aliphatic hydroxyl groups excluding tert-OH is 1. The van der Waals surface area contributed by atoms with Crippen LogP contribution in [-0.4, -0.2) is 27.7 Å². The van der Waals surface area contributed by atoms with Crippen molar-refractivity contribution < 1.29 is 31.9 Å². The molecular formula is C19H16F3N3O4. The second-order valence-electron chi connectivity index (χ2n) is 6.15. The van der Waals surface area contributed by atoms with Crippen molar-refractivity contribution in [2.45, 2.75) is 19.2 Å². The Hall–Kier alpha value is -3.40. The molecule has 3 aromatic rings. The summed E-state index contributed by atoms with van der Waals surface area (Å²) < 4.78 is 65.9. The maximum Gasteiger partial charge on any atom is 0.433 e. The van der Waals surface area contributed by atoms with Gasteiger partial charge in [-0.2, -0.15) is 13.2 Å². The lowest BCUT2D eigenvalue weighted by Crippen LogP contribution is -2.29. The Balaban J connectivity index is 2.39. The highest BCUT2D eigenvalue weighted by molar-refractivity contribution is 6.03. The monoisotopic (exact) mass is 410 g/mol. The molecule has 1 atom stereocenters. The van der Waals surface area contributed by atoms with E-state index in [1.807, 2.05) is 0 Å². The third-order valence-corrected chi connectivity index (χ3v) is 4.28. The number of pyridine rings is 2. The van der Waals surface area contributed by atoms with Crippen LogP contribution in [0.2, 0.25) is 0 Å². The number of alkyl halides is 3. The van der Waals surface area contributed by atoms with Crippen molar-refractivity contribution in [3.8, 4) is 5.69 Å². The SMILES string of the molecule is [2H]C([2H])([2H])OC(=O)c1c(N)c2ccc(C(F)(F)F)nc2n(-c2ccc([C@@H](C)O)cc2)c1=O. The van der Waals surface area contributed by atoms with Crippen LogP contribution in [0.4, 0.5) is 18.9 Å². The van der Waals surface area contributed by atoms with Gasteiger partial charge in [-0.1, -0.05) is 12.1 Å². The van der Waals surface area contributed by atoms with Gasteiger partial charge in [0.05, 0.1) is 28.6 Å². The van der Waals surface area contributed by atoms with Crippen molar-refractivity contribution in [3.63, 3.8) is 0 Å². The van der Waals surface area contributed by atoms with E-state index >= 15 is 0 Å². The minimum Gasteiger partial charge on any atom is -0.465 e. The van der Waals surface area contributed by atoms with Gasteiger partial charge in [0.2, 0.25) is 0 Å². The number of nitrogens with two attached hydrogens (primary N) is 1. The van der Waals surface area contributed by atoms with E-state index in [-0.39, 0.29) is 11.1 Å².